The molecule has 0 saturated carbocycles. The monoisotopic (exact) mass is 280 g/mol. The molecule has 6 nitrogen and oxygen atoms in total. The first kappa shape index (κ1) is 15.8. The van der Waals surface area contributed by atoms with Crippen LogP contribution in [-0.4, -0.2) is 29.8 Å². The van der Waals surface area contributed by atoms with Crippen LogP contribution in [0.2, 0.25) is 0 Å². The van der Waals surface area contributed by atoms with Crippen LogP contribution in [0.4, 0.5) is 10.5 Å². The van der Waals surface area contributed by atoms with Crippen LogP contribution >= 0.6 is 0 Å². The van der Waals surface area contributed by atoms with Gasteiger partial charge >= 0.3 is 12.0 Å². The molecule has 6 heteroatoms. The summed E-state index contributed by atoms with van der Waals surface area (Å²) < 4.78 is 5.30. The fourth-order valence-corrected chi connectivity index (χ4v) is 1.60. The number of rotatable bonds is 7. The number of carboxylic acid groups (broad SMARTS) is 1. The van der Waals surface area contributed by atoms with Crippen LogP contribution < -0.4 is 15.4 Å². The second kappa shape index (κ2) is 8.04. The van der Waals surface area contributed by atoms with Gasteiger partial charge in [0.25, 0.3) is 0 Å². The Balaban J connectivity index is 2.39. The van der Waals surface area contributed by atoms with Crippen molar-refractivity contribution in [3.05, 3.63) is 24.3 Å². The highest BCUT2D eigenvalue weighted by Crippen LogP contribution is 2.15. The summed E-state index contributed by atoms with van der Waals surface area (Å²) in [6.07, 6.45) is 0.427. The average molecular weight is 280 g/mol. The Morgan fingerprint density at radius 3 is 2.50 bits per heavy atom. The lowest BCUT2D eigenvalue weighted by molar-refractivity contribution is -0.137. The third-order valence-corrected chi connectivity index (χ3v) is 2.59. The molecule has 0 bridgehead atoms. The number of hydrogen-bond donors (Lipinski definition) is 3. The third-order valence-electron chi connectivity index (χ3n) is 2.59. The summed E-state index contributed by atoms with van der Waals surface area (Å²) in [6, 6.07) is 6.47. The van der Waals surface area contributed by atoms with E-state index in [9.17, 15) is 9.59 Å². The second-order valence-electron chi connectivity index (χ2n) is 4.39. The van der Waals surface area contributed by atoms with Crippen LogP contribution in [-0.2, 0) is 4.79 Å². The number of carbonyl (C=O) groups is 2. The second-order valence-corrected chi connectivity index (χ2v) is 4.39. The van der Waals surface area contributed by atoms with E-state index in [-0.39, 0.29) is 18.5 Å². The zero-order valence-electron chi connectivity index (χ0n) is 11.7. The van der Waals surface area contributed by atoms with Gasteiger partial charge in [-0.2, -0.15) is 0 Å². The first-order valence-electron chi connectivity index (χ1n) is 6.53. The molecule has 0 aromatic heterocycles. The van der Waals surface area contributed by atoms with Crippen LogP contribution in [0.3, 0.4) is 0 Å². The van der Waals surface area contributed by atoms with Crippen molar-refractivity contribution in [2.45, 2.75) is 32.7 Å². The maximum absolute atomic E-state index is 11.7. The van der Waals surface area contributed by atoms with E-state index in [1.54, 1.807) is 31.2 Å². The summed E-state index contributed by atoms with van der Waals surface area (Å²) in [6.45, 7) is 4.26. The molecular formula is C14H20N2O4. The topological polar surface area (TPSA) is 87.7 Å². The molecule has 2 amide bonds. The van der Waals surface area contributed by atoms with E-state index in [2.05, 4.69) is 10.6 Å². The Bertz CT molecular complexity index is 445. The molecule has 20 heavy (non-hydrogen) atoms. The first-order chi connectivity index (χ1) is 9.51. The number of carbonyl (C=O) groups excluding carboxylic acids is 1. The SMILES string of the molecule is CCOc1ccc(NC(=O)NC(C)CCC(=O)O)cc1. The minimum Gasteiger partial charge on any atom is -0.494 e. The van der Waals surface area contributed by atoms with Crippen LogP contribution in [0.15, 0.2) is 24.3 Å². The number of carboxylic acids is 1. The Hall–Kier alpha value is -2.24. The summed E-state index contributed by atoms with van der Waals surface area (Å²) >= 11 is 0. The van der Waals surface area contributed by atoms with Gasteiger partial charge in [-0.3, -0.25) is 4.79 Å². The molecule has 1 aromatic carbocycles. The fourth-order valence-electron chi connectivity index (χ4n) is 1.60. The molecule has 0 saturated heterocycles. The van der Waals surface area contributed by atoms with E-state index in [0.717, 1.165) is 5.75 Å². The van der Waals surface area contributed by atoms with Crippen molar-refractivity contribution in [1.29, 1.82) is 0 Å². The molecule has 1 rings (SSSR count). The molecule has 0 aliphatic rings. The lowest BCUT2D eigenvalue weighted by Gasteiger charge is -2.14. The first-order valence-corrected chi connectivity index (χ1v) is 6.53. The molecule has 0 fully saturated rings. The van der Waals surface area contributed by atoms with Gasteiger partial charge < -0.3 is 20.5 Å². The predicted octanol–water partition coefficient (Wildman–Crippen LogP) is 2.46. The Morgan fingerprint density at radius 1 is 1.30 bits per heavy atom. The third kappa shape index (κ3) is 6.08. The van der Waals surface area contributed by atoms with Crippen LogP contribution in [0, 0.1) is 0 Å². The van der Waals surface area contributed by atoms with Crippen molar-refractivity contribution in [2.75, 3.05) is 11.9 Å². The van der Waals surface area contributed by atoms with Gasteiger partial charge in [0.1, 0.15) is 5.75 Å². The van der Waals surface area contributed by atoms with Gasteiger partial charge in [0.2, 0.25) is 0 Å². The molecule has 0 aliphatic carbocycles. The van der Waals surface area contributed by atoms with Crippen LogP contribution in [0.5, 0.6) is 5.75 Å². The lowest BCUT2D eigenvalue weighted by atomic mass is 10.2. The van der Waals surface area contributed by atoms with E-state index < -0.39 is 5.97 Å². The van der Waals surface area contributed by atoms with E-state index in [1.807, 2.05) is 6.92 Å². The van der Waals surface area contributed by atoms with E-state index in [1.165, 1.54) is 0 Å². The minimum atomic E-state index is -0.870. The predicted molar refractivity (Wildman–Crippen MR) is 76.1 cm³/mol. The number of anilines is 1. The van der Waals surface area contributed by atoms with E-state index >= 15 is 0 Å². The van der Waals surface area contributed by atoms with Crippen molar-refractivity contribution >= 4 is 17.7 Å². The van der Waals surface area contributed by atoms with Crippen molar-refractivity contribution in [1.82, 2.24) is 5.32 Å². The number of ether oxygens (including phenoxy) is 1. The van der Waals surface area contributed by atoms with Crippen molar-refractivity contribution in [2.24, 2.45) is 0 Å². The Morgan fingerprint density at radius 2 is 1.95 bits per heavy atom. The van der Waals surface area contributed by atoms with Crippen molar-refractivity contribution < 1.29 is 19.4 Å². The summed E-state index contributed by atoms with van der Waals surface area (Å²) in [7, 11) is 0. The number of amides is 2. The summed E-state index contributed by atoms with van der Waals surface area (Å²) in [5.41, 5.74) is 0.649. The highest BCUT2D eigenvalue weighted by atomic mass is 16.5. The number of benzene rings is 1. The summed E-state index contributed by atoms with van der Waals surface area (Å²) in [5.74, 6) is -0.126. The lowest BCUT2D eigenvalue weighted by Crippen LogP contribution is -2.36. The van der Waals surface area contributed by atoms with Gasteiger partial charge in [0.05, 0.1) is 6.61 Å². The number of hydrogen-bond acceptors (Lipinski definition) is 3. The molecule has 1 unspecified atom stereocenters. The zero-order valence-corrected chi connectivity index (χ0v) is 11.7. The van der Waals surface area contributed by atoms with E-state index in [0.29, 0.717) is 18.7 Å². The van der Waals surface area contributed by atoms with Gasteiger partial charge in [0.15, 0.2) is 0 Å². The quantitative estimate of drug-likeness (QED) is 0.716. The zero-order chi connectivity index (χ0) is 15.0. The van der Waals surface area contributed by atoms with Gasteiger partial charge in [-0.1, -0.05) is 0 Å². The van der Waals surface area contributed by atoms with Gasteiger partial charge in [-0.05, 0) is 44.5 Å². The maximum atomic E-state index is 11.7. The largest absolute Gasteiger partial charge is 0.494 e. The normalized spacial score (nSPS) is 11.5. The number of nitrogens with one attached hydrogen (secondary N) is 2. The van der Waals surface area contributed by atoms with Crippen LogP contribution in [0.1, 0.15) is 26.7 Å². The molecule has 0 aliphatic heterocycles. The Labute approximate surface area is 118 Å². The molecule has 110 valence electrons. The van der Waals surface area contributed by atoms with Gasteiger partial charge in [-0.15, -0.1) is 0 Å². The standard InChI is InChI=1S/C14H20N2O4/c1-3-20-12-7-5-11(6-8-12)16-14(19)15-10(2)4-9-13(17)18/h5-8,10H,3-4,9H2,1-2H3,(H,17,18)(H2,15,16,19). The summed E-state index contributed by atoms with van der Waals surface area (Å²) in [5, 5.41) is 13.9. The highest BCUT2D eigenvalue weighted by molar-refractivity contribution is 5.89. The molecule has 0 radical (unpaired) electrons. The smallest absolute Gasteiger partial charge is 0.319 e. The van der Waals surface area contributed by atoms with Crippen LogP contribution in [0.25, 0.3) is 0 Å². The van der Waals surface area contributed by atoms with Gasteiger partial charge in [0, 0.05) is 18.2 Å². The minimum absolute atomic E-state index is 0.0322. The molecule has 1 aromatic rings. The molecule has 1 atom stereocenters. The Kier molecular flexibility index (Phi) is 6.36. The summed E-state index contributed by atoms with van der Waals surface area (Å²) in [4.78, 5) is 22.1. The van der Waals surface area contributed by atoms with Crippen molar-refractivity contribution in [3.63, 3.8) is 0 Å². The fraction of sp³-hybridized carbons (Fsp3) is 0.429. The molecular weight excluding hydrogens is 260 g/mol. The van der Waals surface area contributed by atoms with Gasteiger partial charge in [-0.25, -0.2) is 4.79 Å². The number of urea groups is 1. The molecule has 0 spiro atoms. The molecule has 3 N–H and O–H groups in total. The highest BCUT2D eigenvalue weighted by Gasteiger charge is 2.09. The maximum Gasteiger partial charge on any atom is 0.319 e. The van der Waals surface area contributed by atoms with Crippen molar-refractivity contribution in [3.8, 4) is 5.75 Å². The molecule has 0 heterocycles. The number of aliphatic carboxylic acids is 1. The van der Waals surface area contributed by atoms with E-state index in [4.69, 9.17) is 9.84 Å². The average Bonchev–Trinajstić information content (AvgIpc) is 2.39.